The standard InChI is InChI=1S/C10H18N2O3/c1-3-11-8(13)6-12-5-4-7(2)9(12)10(14)15/h7,9H,3-6H2,1-2H3,(H,11,13)(H,14,15). The Morgan fingerprint density at radius 2 is 2.20 bits per heavy atom. The van der Waals surface area contributed by atoms with Crippen molar-refractivity contribution in [3.8, 4) is 0 Å². The number of hydrogen-bond donors (Lipinski definition) is 2. The van der Waals surface area contributed by atoms with Gasteiger partial charge in [-0.1, -0.05) is 6.92 Å². The molecule has 2 atom stereocenters. The lowest BCUT2D eigenvalue weighted by Gasteiger charge is -2.22. The molecular weight excluding hydrogens is 196 g/mol. The highest BCUT2D eigenvalue weighted by molar-refractivity contribution is 5.80. The van der Waals surface area contributed by atoms with Crippen LogP contribution in [-0.2, 0) is 9.59 Å². The summed E-state index contributed by atoms with van der Waals surface area (Å²) < 4.78 is 0. The maximum absolute atomic E-state index is 11.3. The molecule has 15 heavy (non-hydrogen) atoms. The first-order valence-corrected chi connectivity index (χ1v) is 5.29. The lowest BCUT2D eigenvalue weighted by molar-refractivity contribution is -0.143. The second kappa shape index (κ2) is 5.11. The topological polar surface area (TPSA) is 69.6 Å². The predicted octanol–water partition coefficient (Wildman–Crippen LogP) is -0.0825. The molecule has 0 bridgehead atoms. The van der Waals surface area contributed by atoms with Gasteiger partial charge < -0.3 is 10.4 Å². The van der Waals surface area contributed by atoms with Crippen LogP contribution in [0.5, 0.6) is 0 Å². The van der Waals surface area contributed by atoms with Gasteiger partial charge in [-0.3, -0.25) is 14.5 Å². The molecule has 0 saturated carbocycles. The van der Waals surface area contributed by atoms with Crippen molar-refractivity contribution in [3.63, 3.8) is 0 Å². The van der Waals surface area contributed by atoms with Crippen LogP contribution in [0.4, 0.5) is 0 Å². The number of likely N-dealkylation sites (N-methyl/N-ethyl adjacent to an activating group) is 1. The Morgan fingerprint density at radius 3 is 2.73 bits per heavy atom. The minimum absolute atomic E-state index is 0.0992. The molecule has 86 valence electrons. The molecule has 0 spiro atoms. The fourth-order valence-corrected chi connectivity index (χ4v) is 2.04. The second-order valence-corrected chi connectivity index (χ2v) is 3.97. The molecule has 1 heterocycles. The van der Waals surface area contributed by atoms with Gasteiger partial charge in [0.05, 0.1) is 6.54 Å². The number of nitrogens with one attached hydrogen (secondary N) is 1. The number of amides is 1. The third-order valence-electron chi connectivity index (χ3n) is 2.78. The Labute approximate surface area is 89.4 Å². The van der Waals surface area contributed by atoms with Crippen molar-refractivity contribution >= 4 is 11.9 Å². The highest BCUT2D eigenvalue weighted by atomic mass is 16.4. The van der Waals surface area contributed by atoms with Gasteiger partial charge in [0.15, 0.2) is 0 Å². The first-order valence-electron chi connectivity index (χ1n) is 5.29. The molecule has 1 aliphatic heterocycles. The van der Waals surface area contributed by atoms with Gasteiger partial charge in [-0.15, -0.1) is 0 Å². The molecule has 2 N–H and O–H groups in total. The Bertz CT molecular complexity index is 255. The van der Waals surface area contributed by atoms with Crippen LogP contribution in [0, 0.1) is 5.92 Å². The minimum atomic E-state index is -0.829. The molecule has 0 aromatic rings. The van der Waals surface area contributed by atoms with Gasteiger partial charge in [0.25, 0.3) is 0 Å². The minimum Gasteiger partial charge on any atom is -0.480 e. The van der Waals surface area contributed by atoms with E-state index >= 15 is 0 Å². The van der Waals surface area contributed by atoms with Crippen molar-refractivity contribution in [2.75, 3.05) is 19.6 Å². The van der Waals surface area contributed by atoms with Gasteiger partial charge in [0, 0.05) is 6.54 Å². The Kier molecular flexibility index (Phi) is 4.08. The van der Waals surface area contributed by atoms with Gasteiger partial charge in [-0.05, 0) is 25.8 Å². The third kappa shape index (κ3) is 2.92. The second-order valence-electron chi connectivity index (χ2n) is 3.97. The molecule has 0 radical (unpaired) electrons. The van der Waals surface area contributed by atoms with E-state index in [4.69, 9.17) is 5.11 Å². The van der Waals surface area contributed by atoms with Crippen molar-refractivity contribution in [3.05, 3.63) is 0 Å². The van der Waals surface area contributed by atoms with E-state index in [1.54, 1.807) is 4.90 Å². The van der Waals surface area contributed by atoms with E-state index in [2.05, 4.69) is 5.32 Å². The van der Waals surface area contributed by atoms with Crippen LogP contribution in [0.1, 0.15) is 20.3 Å². The van der Waals surface area contributed by atoms with E-state index in [0.29, 0.717) is 13.1 Å². The molecule has 1 aliphatic rings. The number of likely N-dealkylation sites (tertiary alicyclic amines) is 1. The van der Waals surface area contributed by atoms with Crippen LogP contribution in [0.3, 0.4) is 0 Å². The largest absolute Gasteiger partial charge is 0.480 e. The zero-order valence-corrected chi connectivity index (χ0v) is 9.19. The molecular formula is C10H18N2O3. The molecule has 5 nitrogen and oxygen atoms in total. The lowest BCUT2D eigenvalue weighted by atomic mass is 10.0. The quantitative estimate of drug-likeness (QED) is 0.686. The molecule has 0 aromatic heterocycles. The maximum Gasteiger partial charge on any atom is 0.321 e. The number of carbonyl (C=O) groups excluding carboxylic acids is 1. The Balaban J connectivity index is 2.54. The van der Waals surface area contributed by atoms with Crippen LogP contribution in [0.2, 0.25) is 0 Å². The summed E-state index contributed by atoms with van der Waals surface area (Å²) in [4.78, 5) is 24.1. The number of nitrogens with zero attached hydrogens (tertiary/aromatic N) is 1. The van der Waals surface area contributed by atoms with E-state index in [1.807, 2.05) is 13.8 Å². The van der Waals surface area contributed by atoms with E-state index in [0.717, 1.165) is 6.42 Å². The monoisotopic (exact) mass is 214 g/mol. The average molecular weight is 214 g/mol. The van der Waals surface area contributed by atoms with E-state index in [9.17, 15) is 9.59 Å². The number of hydrogen-bond acceptors (Lipinski definition) is 3. The van der Waals surface area contributed by atoms with Gasteiger partial charge in [-0.25, -0.2) is 0 Å². The summed E-state index contributed by atoms with van der Waals surface area (Å²) in [6, 6.07) is -0.507. The number of carbonyl (C=O) groups is 2. The highest BCUT2D eigenvalue weighted by Crippen LogP contribution is 2.23. The van der Waals surface area contributed by atoms with Crippen molar-refractivity contribution in [2.45, 2.75) is 26.3 Å². The summed E-state index contributed by atoms with van der Waals surface area (Å²) >= 11 is 0. The van der Waals surface area contributed by atoms with Crippen molar-refractivity contribution in [2.24, 2.45) is 5.92 Å². The first kappa shape index (κ1) is 12.0. The summed E-state index contributed by atoms with van der Waals surface area (Å²) in [5.41, 5.74) is 0. The van der Waals surface area contributed by atoms with E-state index in [-0.39, 0.29) is 18.4 Å². The van der Waals surface area contributed by atoms with Gasteiger partial charge >= 0.3 is 5.97 Å². The van der Waals surface area contributed by atoms with Gasteiger partial charge in [0.2, 0.25) is 5.91 Å². The summed E-state index contributed by atoms with van der Waals surface area (Å²) in [5, 5.41) is 11.7. The lowest BCUT2D eigenvalue weighted by Crippen LogP contribution is -2.44. The fraction of sp³-hybridized carbons (Fsp3) is 0.800. The molecule has 1 fully saturated rings. The number of carboxylic acid groups (broad SMARTS) is 1. The molecule has 5 heteroatoms. The van der Waals surface area contributed by atoms with Crippen LogP contribution in [0.15, 0.2) is 0 Å². The van der Waals surface area contributed by atoms with Gasteiger partial charge in [0.1, 0.15) is 6.04 Å². The summed E-state index contributed by atoms with van der Waals surface area (Å²) in [6.45, 7) is 5.22. The maximum atomic E-state index is 11.3. The molecule has 0 aliphatic carbocycles. The highest BCUT2D eigenvalue weighted by Gasteiger charge is 2.37. The zero-order chi connectivity index (χ0) is 11.4. The Morgan fingerprint density at radius 1 is 1.53 bits per heavy atom. The molecule has 2 unspecified atom stereocenters. The van der Waals surface area contributed by atoms with Gasteiger partial charge in [-0.2, -0.15) is 0 Å². The summed E-state index contributed by atoms with van der Waals surface area (Å²) in [7, 11) is 0. The summed E-state index contributed by atoms with van der Waals surface area (Å²) in [6.07, 6.45) is 0.844. The fourth-order valence-electron chi connectivity index (χ4n) is 2.04. The number of carboxylic acids is 1. The van der Waals surface area contributed by atoms with E-state index < -0.39 is 12.0 Å². The number of rotatable bonds is 4. The van der Waals surface area contributed by atoms with Crippen LogP contribution in [-0.4, -0.2) is 47.6 Å². The van der Waals surface area contributed by atoms with Crippen LogP contribution in [0.25, 0.3) is 0 Å². The van der Waals surface area contributed by atoms with Crippen molar-refractivity contribution < 1.29 is 14.7 Å². The smallest absolute Gasteiger partial charge is 0.321 e. The molecule has 1 saturated heterocycles. The Hall–Kier alpha value is -1.10. The van der Waals surface area contributed by atoms with Crippen molar-refractivity contribution in [1.82, 2.24) is 10.2 Å². The molecule has 1 rings (SSSR count). The van der Waals surface area contributed by atoms with Crippen LogP contribution >= 0.6 is 0 Å². The first-order chi connectivity index (χ1) is 7.06. The summed E-state index contributed by atoms with van der Waals surface area (Å²) in [5.74, 6) is -0.806. The number of aliphatic carboxylic acids is 1. The zero-order valence-electron chi connectivity index (χ0n) is 9.19. The van der Waals surface area contributed by atoms with Crippen molar-refractivity contribution in [1.29, 1.82) is 0 Å². The molecule has 0 aromatic carbocycles. The third-order valence-corrected chi connectivity index (χ3v) is 2.78. The normalized spacial score (nSPS) is 26.5. The average Bonchev–Trinajstić information content (AvgIpc) is 2.47. The van der Waals surface area contributed by atoms with Crippen LogP contribution < -0.4 is 5.32 Å². The SMILES string of the molecule is CCNC(=O)CN1CCC(C)C1C(=O)O. The van der Waals surface area contributed by atoms with E-state index in [1.165, 1.54) is 0 Å². The molecule has 1 amide bonds. The predicted molar refractivity (Wildman–Crippen MR) is 55.5 cm³/mol.